The fraction of sp³-hybridized carbons (Fsp3) is 0.409. The molecule has 4 rings (SSSR count). The van der Waals surface area contributed by atoms with Gasteiger partial charge in [0.15, 0.2) is 0 Å². The minimum atomic E-state index is -0.761. The minimum Gasteiger partial charge on any atom is -0.391 e. The van der Waals surface area contributed by atoms with Crippen molar-refractivity contribution >= 4 is 22.8 Å². The van der Waals surface area contributed by atoms with Crippen LogP contribution in [-0.4, -0.2) is 44.7 Å². The van der Waals surface area contributed by atoms with Crippen LogP contribution in [0.2, 0.25) is 0 Å². The van der Waals surface area contributed by atoms with Crippen molar-refractivity contribution in [2.24, 2.45) is 0 Å². The van der Waals surface area contributed by atoms with Crippen LogP contribution in [-0.2, 0) is 17.7 Å². The molecule has 0 aliphatic carbocycles. The molecule has 0 spiro atoms. The number of benzene rings is 1. The van der Waals surface area contributed by atoms with E-state index in [1.54, 1.807) is 13.1 Å². The van der Waals surface area contributed by atoms with Crippen LogP contribution in [0, 0.1) is 0 Å². The molecule has 3 heterocycles. The van der Waals surface area contributed by atoms with Gasteiger partial charge in [0.2, 0.25) is 0 Å². The maximum Gasteiger partial charge on any atom is 0.320 e. The van der Waals surface area contributed by atoms with Crippen LogP contribution in [0.15, 0.2) is 42.6 Å². The first-order valence-corrected chi connectivity index (χ1v) is 10.3. The van der Waals surface area contributed by atoms with Crippen LogP contribution >= 0.6 is 0 Å². The molecule has 0 unspecified atom stereocenters. The van der Waals surface area contributed by atoms with Gasteiger partial charge in [-0.2, -0.15) is 5.10 Å². The van der Waals surface area contributed by atoms with Crippen molar-refractivity contribution in [2.45, 2.75) is 51.5 Å². The molecule has 1 aromatic carbocycles. The fourth-order valence-electron chi connectivity index (χ4n) is 3.96. The molecule has 2 amide bonds. The van der Waals surface area contributed by atoms with Gasteiger partial charge in [0.25, 0.3) is 0 Å². The Morgan fingerprint density at radius 3 is 2.87 bits per heavy atom. The Labute approximate surface area is 175 Å². The summed E-state index contributed by atoms with van der Waals surface area (Å²) < 4.78 is 7.99. The number of hydrogen-bond donors (Lipinski definition) is 3. The second kappa shape index (κ2) is 8.81. The first-order chi connectivity index (χ1) is 14.6. The van der Waals surface area contributed by atoms with E-state index in [1.165, 1.54) is 0 Å². The number of anilines is 1. The summed E-state index contributed by atoms with van der Waals surface area (Å²) in [7, 11) is 0. The zero-order chi connectivity index (χ0) is 21.1. The van der Waals surface area contributed by atoms with Gasteiger partial charge >= 0.3 is 6.03 Å². The topological polar surface area (TPSA) is 101 Å². The Hall–Kier alpha value is -2.97. The normalized spacial score (nSPS) is 21.2. The van der Waals surface area contributed by atoms with E-state index in [0.717, 1.165) is 35.1 Å². The number of carbonyl (C=O) groups excluding carboxylic acids is 1. The summed E-state index contributed by atoms with van der Waals surface area (Å²) in [5, 5.41) is 21.6. The molecule has 3 N–H and O–H groups in total. The van der Waals surface area contributed by atoms with Gasteiger partial charge in [0.1, 0.15) is 11.9 Å². The van der Waals surface area contributed by atoms with E-state index in [9.17, 15) is 9.90 Å². The molecule has 158 valence electrons. The first kappa shape index (κ1) is 20.3. The van der Waals surface area contributed by atoms with E-state index in [4.69, 9.17) is 4.74 Å². The number of ether oxygens (including phenoxy) is 1. The van der Waals surface area contributed by atoms with Gasteiger partial charge in [-0.05, 0) is 38.3 Å². The lowest BCUT2D eigenvalue weighted by molar-refractivity contribution is -0.0485. The van der Waals surface area contributed by atoms with Crippen molar-refractivity contribution in [1.29, 1.82) is 0 Å². The maximum atomic E-state index is 12.8. The number of aliphatic hydroxyl groups excluding tert-OH is 1. The molecular weight excluding hydrogens is 382 g/mol. The predicted molar refractivity (Wildman–Crippen MR) is 114 cm³/mol. The number of nitrogens with zero attached hydrogens (tertiary/aromatic N) is 3. The summed E-state index contributed by atoms with van der Waals surface area (Å²) >= 11 is 0. The van der Waals surface area contributed by atoms with Gasteiger partial charge in [-0.3, -0.25) is 10.00 Å². The molecule has 3 aromatic rings. The number of aromatic nitrogens is 3. The quantitative estimate of drug-likeness (QED) is 0.617. The smallest absolute Gasteiger partial charge is 0.320 e. The van der Waals surface area contributed by atoms with E-state index in [1.807, 2.05) is 48.0 Å². The van der Waals surface area contributed by atoms with Crippen LogP contribution in [0.1, 0.15) is 37.6 Å². The number of rotatable bonds is 3. The molecule has 8 heteroatoms. The summed E-state index contributed by atoms with van der Waals surface area (Å²) in [4.78, 5) is 17.5. The Bertz CT molecular complexity index is 1020. The third-order valence-electron chi connectivity index (χ3n) is 5.35. The molecule has 2 aromatic heterocycles. The number of aliphatic hydroxyl groups is 1. The molecule has 0 saturated heterocycles. The van der Waals surface area contributed by atoms with Crippen LogP contribution in [0.5, 0.6) is 0 Å². The summed E-state index contributed by atoms with van der Waals surface area (Å²) in [6.07, 6.45) is 1.87. The predicted octanol–water partition coefficient (Wildman–Crippen LogP) is 3.03. The van der Waals surface area contributed by atoms with E-state index < -0.39 is 24.3 Å². The average Bonchev–Trinajstić information content (AvgIpc) is 3.15. The second-order valence-corrected chi connectivity index (χ2v) is 7.52. The van der Waals surface area contributed by atoms with Gasteiger partial charge in [-0.1, -0.05) is 30.3 Å². The van der Waals surface area contributed by atoms with Crippen LogP contribution < -0.4 is 10.6 Å². The highest BCUT2D eigenvalue weighted by Crippen LogP contribution is 2.26. The lowest BCUT2D eigenvalue weighted by atomic mass is 9.98. The van der Waals surface area contributed by atoms with Crippen molar-refractivity contribution < 1.29 is 14.6 Å². The average molecular weight is 409 g/mol. The van der Waals surface area contributed by atoms with Gasteiger partial charge in [0.05, 0.1) is 29.6 Å². The number of nitrogens with one attached hydrogen (secondary N) is 2. The van der Waals surface area contributed by atoms with Gasteiger partial charge in [-0.25, -0.2) is 9.78 Å². The second-order valence-electron chi connectivity index (χ2n) is 7.52. The summed E-state index contributed by atoms with van der Waals surface area (Å²) in [6, 6.07) is 10.5. The molecular formula is C22H27N5O3. The fourth-order valence-corrected chi connectivity index (χ4v) is 3.96. The van der Waals surface area contributed by atoms with Crippen molar-refractivity contribution in [3.63, 3.8) is 0 Å². The van der Waals surface area contributed by atoms with E-state index in [2.05, 4.69) is 20.7 Å². The Kier molecular flexibility index (Phi) is 5.96. The van der Waals surface area contributed by atoms with Crippen LogP contribution in [0.4, 0.5) is 10.6 Å². The zero-order valence-electron chi connectivity index (χ0n) is 17.2. The lowest BCUT2D eigenvalue weighted by Gasteiger charge is -2.31. The highest BCUT2D eigenvalue weighted by molar-refractivity contribution is 5.92. The molecule has 0 fully saturated rings. The van der Waals surface area contributed by atoms with Crippen molar-refractivity contribution in [1.82, 2.24) is 20.1 Å². The largest absolute Gasteiger partial charge is 0.391 e. The van der Waals surface area contributed by atoms with Crippen molar-refractivity contribution in [3.05, 3.63) is 53.9 Å². The van der Waals surface area contributed by atoms with Gasteiger partial charge in [-0.15, -0.1) is 0 Å². The number of fused-ring (bicyclic) bond motifs is 4. The van der Waals surface area contributed by atoms with E-state index in [0.29, 0.717) is 18.8 Å². The highest BCUT2D eigenvalue weighted by Gasteiger charge is 2.30. The summed E-state index contributed by atoms with van der Waals surface area (Å²) in [5.41, 5.74) is 2.72. The SMILES string of the molecule is CCn1ncc2cc3nc(c21)CCCO[C@@H]([C@H](C)O)[C@@H](c1ccccc1)NC(=O)N3. The number of amides is 2. The van der Waals surface area contributed by atoms with E-state index in [-0.39, 0.29) is 0 Å². The Morgan fingerprint density at radius 1 is 1.33 bits per heavy atom. The third kappa shape index (κ3) is 4.15. The number of carbonyl (C=O) groups is 1. The van der Waals surface area contributed by atoms with Crippen molar-refractivity contribution in [3.8, 4) is 0 Å². The molecule has 0 radical (unpaired) electrons. The molecule has 1 aliphatic heterocycles. The first-order valence-electron chi connectivity index (χ1n) is 10.3. The highest BCUT2D eigenvalue weighted by atomic mass is 16.5. The molecule has 3 atom stereocenters. The number of aryl methyl sites for hydroxylation is 2. The van der Waals surface area contributed by atoms with Crippen molar-refractivity contribution in [2.75, 3.05) is 11.9 Å². The molecule has 8 nitrogen and oxygen atoms in total. The van der Waals surface area contributed by atoms with E-state index >= 15 is 0 Å². The minimum absolute atomic E-state index is 0.403. The zero-order valence-corrected chi connectivity index (χ0v) is 17.2. The molecule has 2 bridgehead atoms. The Balaban J connectivity index is 1.70. The van der Waals surface area contributed by atoms with Crippen LogP contribution in [0.25, 0.3) is 10.9 Å². The Morgan fingerprint density at radius 2 is 2.13 bits per heavy atom. The molecule has 0 saturated carbocycles. The maximum absolute atomic E-state index is 12.8. The molecule has 30 heavy (non-hydrogen) atoms. The molecule has 1 aliphatic rings. The summed E-state index contributed by atoms with van der Waals surface area (Å²) in [6.45, 7) is 4.90. The monoisotopic (exact) mass is 409 g/mol. The van der Waals surface area contributed by atoms with Gasteiger partial charge in [0, 0.05) is 18.5 Å². The third-order valence-corrected chi connectivity index (χ3v) is 5.35. The van der Waals surface area contributed by atoms with Gasteiger partial charge < -0.3 is 15.2 Å². The number of pyridine rings is 1. The summed E-state index contributed by atoms with van der Waals surface area (Å²) in [5.74, 6) is 0.479. The number of urea groups is 1. The standard InChI is InChI=1S/C22H27N5O3/c1-3-27-20-16(13-23-27)12-18-24-17(20)10-7-11-30-21(14(2)28)19(26-22(29)25-18)15-8-5-4-6-9-15/h4-6,8-9,12-14,19,21,28H,3,7,10-11H2,1-2H3,(H2,24,25,26,29)/t14-,19+,21-/m0/s1. The lowest BCUT2D eigenvalue weighted by Crippen LogP contribution is -2.44. The number of hydrogen-bond acceptors (Lipinski definition) is 5. The van der Waals surface area contributed by atoms with Crippen LogP contribution in [0.3, 0.4) is 0 Å².